The largest absolute Gasteiger partial charge is 0.416 e. The summed E-state index contributed by atoms with van der Waals surface area (Å²) in [6.45, 7) is 3.13. The summed E-state index contributed by atoms with van der Waals surface area (Å²) in [7, 11) is 0. The van der Waals surface area contributed by atoms with Gasteiger partial charge in [0.25, 0.3) is 0 Å². The molecule has 0 aliphatic carbocycles. The number of anilines is 1. The number of carbonyl (C=O) groups is 1. The number of ether oxygens (including phenoxy) is 2. The second-order valence-corrected chi connectivity index (χ2v) is 11.0. The molecule has 4 atom stereocenters. The van der Waals surface area contributed by atoms with E-state index < -0.39 is 47.6 Å². The third-order valence-corrected chi connectivity index (χ3v) is 7.99. The number of carbonyl (C=O) groups excluding carboxylic acids is 1. The highest BCUT2D eigenvalue weighted by Crippen LogP contribution is 2.42. The molecule has 2 aromatic carbocycles. The highest BCUT2D eigenvalue weighted by molar-refractivity contribution is 5.95. The van der Waals surface area contributed by atoms with Crippen molar-refractivity contribution in [3.63, 3.8) is 0 Å². The third kappa shape index (κ3) is 7.39. The fourth-order valence-corrected chi connectivity index (χ4v) is 5.77. The van der Waals surface area contributed by atoms with Gasteiger partial charge in [0.1, 0.15) is 5.82 Å². The van der Waals surface area contributed by atoms with Crippen LogP contribution < -0.4 is 4.90 Å². The minimum Gasteiger partial charge on any atom is -0.352 e. The van der Waals surface area contributed by atoms with Gasteiger partial charge in [0.15, 0.2) is 6.29 Å². The van der Waals surface area contributed by atoms with Crippen LogP contribution >= 0.6 is 0 Å². The topological polar surface area (TPSA) is 54.9 Å². The zero-order chi connectivity index (χ0) is 31.6. The highest BCUT2D eigenvalue weighted by atomic mass is 19.4. The summed E-state index contributed by atoms with van der Waals surface area (Å²) in [4.78, 5) is 20.7. The molecule has 0 radical (unpaired) electrons. The van der Waals surface area contributed by atoms with Crippen molar-refractivity contribution in [3.05, 3.63) is 95.1 Å². The van der Waals surface area contributed by atoms with Gasteiger partial charge < -0.3 is 14.4 Å². The van der Waals surface area contributed by atoms with Gasteiger partial charge in [-0.2, -0.15) is 26.3 Å². The molecule has 0 N–H and O–H groups in total. The molecule has 0 saturated carbocycles. The summed E-state index contributed by atoms with van der Waals surface area (Å²) < 4.78 is 107. The molecule has 44 heavy (non-hydrogen) atoms. The average molecular weight is 626 g/mol. The first-order valence-electron chi connectivity index (χ1n) is 14.0. The van der Waals surface area contributed by atoms with Gasteiger partial charge in [-0.25, -0.2) is 4.39 Å². The number of pyridine rings is 1. The van der Waals surface area contributed by atoms with Gasteiger partial charge in [-0.05, 0) is 72.9 Å². The number of halogens is 7. The number of alkyl halides is 6. The number of hydrogen-bond acceptors (Lipinski definition) is 5. The monoisotopic (exact) mass is 625 g/mol. The van der Waals surface area contributed by atoms with E-state index in [0.717, 1.165) is 0 Å². The van der Waals surface area contributed by atoms with Crippen molar-refractivity contribution in [2.24, 2.45) is 5.92 Å². The third-order valence-electron chi connectivity index (χ3n) is 7.99. The lowest BCUT2D eigenvalue weighted by Gasteiger charge is -2.42. The Morgan fingerprint density at radius 1 is 1.00 bits per heavy atom. The molecule has 5 rings (SSSR count). The predicted octanol–water partition coefficient (Wildman–Crippen LogP) is 6.83. The Labute approximate surface area is 249 Å². The molecule has 236 valence electrons. The Kier molecular flexibility index (Phi) is 9.28. The first-order chi connectivity index (χ1) is 20.8. The predicted molar refractivity (Wildman–Crippen MR) is 146 cm³/mol. The number of amides is 1. The van der Waals surface area contributed by atoms with Gasteiger partial charge in [-0.15, -0.1) is 0 Å². The summed E-state index contributed by atoms with van der Waals surface area (Å²) >= 11 is 0. The molecule has 6 nitrogen and oxygen atoms in total. The van der Waals surface area contributed by atoms with E-state index in [2.05, 4.69) is 4.98 Å². The Balaban J connectivity index is 1.38. The first-order valence-corrected chi connectivity index (χ1v) is 14.0. The van der Waals surface area contributed by atoms with Crippen molar-refractivity contribution in [3.8, 4) is 0 Å². The van der Waals surface area contributed by atoms with E-state index in [-0.39, 0.29) is 36.6 Å². The molecule has 3 heterocycles. The molecule has 0 unspecified atom stereocenters. The Bertz CT molecular complexity index is 1400. The maximum atomic E-state index is 13.8. The lowest BCUT2D eigenvalue weighted by molar-refractivity contribution is -0.210. The Morgan fingerprint density at radius 2 is 1.68 bits per heavy atom. The summed E-state index contributed by atoms with van der Waals surface area (Å²) in [5.41, 5.74) is -1.87. The van der Waals surface area contributed by atoms with Crippen LogP contribution in [0.3, 0.4) is 0 Å². The minimum absolute atomic E-state index is 0.0695. The van der Waals surface area contributed by atoms with Crippen LogP contribution in [0.25, 0.3) is 0 Å². The lowest BCUT2D eigenvalue weighted by atomic mass is 9.81. The molecule has 1 aromatic heterocycles. The molecule has 2 fully saturated rings. The second kappa shape index (κ2) is 12.8. The fourth-order valence-electron chi connectivity index (χ4n) is 5.77. The zero-order valence-electron chi connectivity index (χ0n) is 23.6. The maximum Gasteiger partial charge on any atom is 0.416 e. The van der Waals surface area contributed by atoms with Crippen molar-refractivity contribution < 1.29 is 45.0 Å². The van der Waals surface area contributed by atoms with Crippen LogP contribution in [-0.4, -0.2) is 54.9 Å². The maximum absolute atomic E-state index is 13.8. The van der Waals surface area contributed by atoms with Crippen molar-refractivity contribution in [2.75, 3.05) is 37.7 Å². The average Bonchev–Trinajstić information content (AvgIpc) is 2.97. The molecular formula is C31H30F7N3O3. The number of rotatable bonds is 7. The van der Waals surface area contributed by atoms with E-state index in [1.807, 2.05) is 4.90 Å². The van der Waals surface area contributed by atoms with Gasteiger partial charge in [-0.3, -0.25) is 14.7 Å². The van der Waals surface area contributed by atoms with E-state index in [1.54, 1.807) is 41.6 Å². The van der Waals surface area contributed by atoms with Crippen LogP contribution in [0.5, 0.6) is 0 Å². The molecule has 13 heteroatoms. The lowest BCUT2D eigenvalue weighted by Crippen LogP contribution is -2.53. The fraction of sp³-hybridized carbons (Fsp3) is 0.419. The smallest absolute Gasteiger partial charge is 0.352 e. The van der Waals surface area contributed by atoms with Crippen molar-refractivity contribution in [2.45, 2.75) is 44.0 Å². The van der Waals surface area contributed by atoms with Crippen LogP contribution in [0, 0.1) is 11.7 Å². The van der Waals surface area contributed by atoms with E-state index >= 15 is 0 Å². The van der Waals surface area contributed by atoms with Crippen LogP contribution in [0.15, 0.2) is 67.0 Å². The SMILES string of the molecule is C[C@@H](O[C@H]1OCC[C@@H](CN2CCN(c3cccnc3)C(=O)C2)[C@@H]1c1ccc(F)cc1)c1cc(C(F)(F)F)cc(C(F)(F)F)c1. The van der Waals surface area contributed by atoms with Crippen molar-refractivity contribution in [1.29, 1.82) is 0 Å². The Hall–Kier alpha value is -3.55. The quantitative estimate of drug-likeness (QED) is 0.270. The van der Waals surface area contributed by atoms with Gasteiger partial charge in [0.05, 0.1) is 42.3 Å². The number of aromatic nitrogens is 1. The second-order valence-electron chi connectivity index (χ2n) is 11.0. The molecule has 2 saturated heterocycles. The summed E-state index contributed by atoms with van der Waals surface area (Å²) in [5, 5.41) is 0. The number of benzene rings is 2. The number of hydrogen-bond donors (Lipinski definition) is 0. The van der Waals surface area contributed by atoms with Crippen molar-refractivity contribution >= 4 is 11.6 Å². The van der Waals surface area contributed by atoms with Crippen LogP contribution in [0.1, 0.15) is 47.6 Å². The molecule has 3 aromatic rings. The van der Waals surface area contributed by atoms with Gasteiger partial charge >= 0.3 is 12.4 Å². The molecule has 0 spiro atoms. The Morgan fingerprint density at radius 3 is 2.27 bits per heavy atom. The molecule has 1 amide bonds. The normalized spacial score (nSPS) is 22.7. The van der Waals surface area contributed by atoms with Crippen molar-refractivity contribution in [1.82, 2.24) is 9.88 Å². The number of piperazine rings is 1. The summed E-state index contributed by atoms with van der Waals surface area (Å²) in [5.74, 6) is -1.32. The summed E-state index contributed by atoms with van der Waals surface area (Å²) in [6, 6.07) is 10.5. The standard InChI is InChI=1S/C31H30F7N3O3/c1-19(22-13-23(30(33,34)35)15-24(14-22)31(36,37)38)44-29-28(20-4-6-25(32)7-5-20)21(8-12-43-29)17-40-10-11-41(27(42)18-40)26-3-2-9-39-16-26/h2-7,9,13-16,19,21,28-29H,8,10-12,17-18H2,1H3/t19-,21+,28+,29-/m1/s1. The first kappa shape index (κ1) is 31.9. The van der Waals surface area contributed by atoms with Gasteiger partial charge in [0, 0.05) is 31.7 Å². The highest BCUT2D eigenvalue weighted by Gasteiger charge is 2.41. The van der Waals surface area contributed by atoms with Gasteiger partial charge in [0.2, 0.25) is 5.91 Å². The summed E-state index contributed by atoms with van der Waals surface area (Å²) in [6.07, 6.45) is -8.52. The van der Waals surface area contributed by atoms with E-state index in [0.29, 0.717) is 49.4 Å². The van der Waals surface area contributed by atoms with Gasteiger partial charge in [-0.1, -0.05) is 12.1 Å². The minimum atomic E-state index is -5.00. The van der Waals surface area contributed by atoms with E-state index in [1.165, 1.54) is 19.1 Å². The van der Waals surface area contributed by atoms with Crippen LogP contribution in [0.2, 0.25) is 0 Å². The number of nitrogens with zero attached hydrogens (tertiary/aromatic N) is 3. The molecule has 0 bridgehead atoms. The molecular weight excluding hydrogens is 595 g/mol. The zero-order valence-corrected chi connectivity index (χ0v) is 23.6. The van der Waals surface area contributed by atoms with Crippen LogP contribution in [-0.2, 0) is 26.6 Å². The van der Waals surface area contributed by atoms with Crippen LogP contribution in [0.4, 0.5) is 36.4 Å². The van der Waals surface area contributed by atoms with E-state index in [4.69, 9.17) is 9.47 Å². The molecule has 2 aliphatic heterocycles. The molecule has 2 aliphatic rings. The van der Waals surface area contributed by atoms with E-state index in [9.17, 15) is 35.5 Å².